The van der Waals surface area contributed by atoms with Crippen LogP contribution >= 0.6 is 15.9 Å². The summed E-state index contributed by atoms with van der Waals surface area (Å²) in [6.45, 7) is 3.13. The van der Waals surface area contributed by atoms with Crippen LogP contribution in [0.3, 0.4) is 0 Å². The Morgan fingerprint density at radius 1 is 0.962 bits per heavy atom. The zero-order chi connectivity index (χ0) is 18.1. The van der Waals surface area contributed by atoms with Gasteiger partial charge in [-0.2, -0.15) is 5.10 Å². The monoisotopic (exact) mass is 416 g/mol. The van der Waals surface area contributed by atoms with Gasteiger partial charge in [0.1, 0.15) is 0 Å². The maximum atomic E-state index is 12.9. The van der Waals surface area contributed by atoms with Crippen molar-refractivity contribution in [2.45, 2.75) is 25.8 Å². The van der Waals surface area contributed by atoms with Gasteiger partial charge in [-0.25, -0.2) is 0 Å². The van der Waals surface area contributed by atoms with E-state index in [4.69, 9.17) is 0 Å². The Balaban J connectivity index is 1.41. The highest BCUT2D eigenvalue weighted by Gasteiger charge is 2.28. The topological polar surface area (TPSA) is 58.4 Å². The highest BCUT2D eigenvalue weighted by Crippen LogP contribution is 2.21. The number of fused-ring (bicyclic) bond motifs is 1. The lowest BCUT2D eigenvalue weighted by Crippen LogP contribution is -2.50. The number of aryl methyl sites for hydroxylation is 1. The molecular formula is C19H21BrN4O2. The van der Waals surface area contributed by atoms with Crippen LogP contribution in [0, 0.1) is 0 Å². The van der Waals surface area contributed by atoms with E-state index < -0.39 is 0 Å². The number of piperazine rings is 1. The molecule has 2 aliphatic rings. The standard InChI is InChI=1S/C19H21BrN4O2/c20-15-5-3-4-14(12-15)18(25)22-8-10-23(11-9-22)19(26)16-13-21-24-7-2-1-6-17(16)24/h3-5,12-13H,1-2,6-11H2. The van der Waals surface area contributed by atoms with E-state index in [1.165, 1.54) is 0 Å². The number of carbonyl (C=O) groups excluding carboxylic acids is 2. The van der Waals surface area contributed by atoms with Crippen LogP contribution < -0.4 is 0 Å². The van der Waals surface area contributed by atoms with Crippen molar-refractivity contribution in [1.82, 2.24) is 19.6 Å². The summed E-state index contributed by atoms with van der Waals surface area (Å²) in [5.41, 5.74) is 2.47. The van der Waals surface area contributed by atoms with Crippen LogP contribution in [0.1, 0.15) is 39.3 Å². The molecule has 136 valence electrons. The molecule has 3 heterocycles. The SMILES string of the molecule is O=C(c1cccc(Br)c1)N1CCN(C(=O)c2cnn3c2CCCC3)CC1. The zero-order valence-corrected chi connectivity index (χ0v) is 16.1. The van der Waals surface area contributed by atoms with Gasteiger partial charge in [0.2, 0.25) is 0 Å². The molecular weight excluding hydrogens is 396 g/mol. The van der Waals surface area contributed by atoms with Crippen LogP contribution in [0.25, 0.3) is 0 Å². The van der Waals surface area contributed by atoms with E-state index in [1.54, 1.807) is 6.20 Å². The van der Waals surface area contributed by atoms with Gasteiger partial charge in [0.25, 0.3) is 11.8 Å². The maximum Gasteiger partial charge on any atom is 0.257 e. The summed E-state index contributed by atoms with van der Waals surface area (Å²) in [5, 5.41) is 4.36. The van der Waals surface area contributed by atoms with Gasteiger partial charge in [0.05, 0.1) is 17.5 Å². The van der Waals surface area contributed by atoms with E-state index in [2.05, 4.69) is 21.0 Å². The summed E-state index contributed by atoms with van der Waals surface area (Å²) in [6.07, 6.45) is 4.87. The van der Waals surface area contributed by atoms with Gasteiger partial charge in [0, 0.05) is 42.8 Å². The fourth-order valence-corrected chi connectivity index (χ4v) is 4.09. The van der Waals surface area contributed by atoms with E-state index in [0.29, 0.717) is 31.7 Å². The molecule has 6 nitrogen and oxygen atoms in total. The highest BCUT2D eigenvalue weighted by atomic mass is 79.9. The Labute approximate surface area is 160 Å². The van der Waals surface area contributed by atoms with E-state index in [9.17, 15) is 9.59 Å². The third-order valence-electron chi connectivity index (χ3n) is 5.14. The van der Waals surface area contributed by atoms with E-state index >= 15 is 0 Å². The fraction of sp³-hybridized carbons (Fsp3) is 0.421. The van der Waals surface area contributed by atoms with E-state index in [1.807, 2.05) is 38.7 Å². The van der Waals surface area contributed by atoms with E-state index in [0.717, 1.165) is 41.5 Å². The Bertz CT molecular complexity index is 840. The van der Waals surface area contributed by atoms with Gasteiger partial charge in [-0.05, 0) is 37.5 Å². The first-order valence-electron chi connectivity index (χ1n) is 9.02. The summed E-state index contributed by atoms with van der Waals surface area (Å²) < 4.78 is 2.85. The average molecular weight is 417 g/mol. The third kappa shape index (κ3) is 3.28. The van der Waals surface area contributed by atoms with Crippen LogP contribution in [-0.2, 0) is 13.0 Å². The molecule has 26 heavy (non-hydrogen) atoms. The highest BCUT2D eigenvalue weighted by molar-refractivity contribution is 9.10. The second-order valence-corrected chi connectivity index (χ2v) is 7.70. The molecule has 2 amide bonds. The molecule has 2 aliphatic heterocycles. The molecule has 0 atom stereocenters. The van der Waals surface area contributed by atoms with Gasteiger partial charge in [-0.1, -0.05) is 22.0 Å². The average Bonchev–Trinajstić information content (AvgIpc) is 3.11. The maximum absolute atomic E-state index is 12.9. The Hall–Kier alpha value is -2.15. The van der Waals surface area contributed by atoms with Crippen LogP contribution in [-0.4, -0.2) is 57.6 Å². The van der Waals surface area contributed by atoms with Crippen molar-refractivity contribution in [3.8, 4) is 0 Å². The number of nitrogens with zero attached hydrogens (tertiary/aromatic N) is 4. The minimum Gasteiger partial charge on any atom is -0.335 e. The van der Waals surface area contributed by atoms with Crippen LogP contribution in [0.4, 0.5) is 0 Å². The third-order valence-corrected chi connectivity index (χ3v) is 5.63. The molecule has 2 aromatic rings. The number of benzene rings is 1. The van der Waals surface area contributed by atoms with Gasteiger partial charge in [0.15, 0.2) is 0 Å². The molecule has 0 saturated carbocycles. The Morgan fingerprint density at radius 3 is 2.42 bits per heavy atom. The van der Waals surface area contributed by atoms with Gasteiger partial charge < -0.3 is 9.80 Å². The molecule has 4 rings (SSSR count). The number of halogens is 1. The molecule has 1 fully saturated rings. The molecule has 0 radical (unpaired) electrons. The molecule has 0 spiro atoms. The molecule has 7 heteroatoms. The molecule has 0 N–H and O–H groups in total. The number of carbonyl (C=O) groups is 2. The lowest BCUT2D eigenvalue weighted by molar-refractivity contribution is 0.0534. The van der Waals surface area contributed by atoms with E-state index in [-0.39, 0.29) is 11.8 Å². The van der Waals surface area contributed by atoms with Crippen LogP contribution in [0.5, 0.6) is 0 Å². The minimum absolute atomic E-state index is 0.0151. The zero-order valence-electron chi connectivity index (χ0n) is 14.5. The van der Waals surface area contributed by atoms with Crippen molar-refractivity contribution in [3.63, 3.8) is 0 Å². The first-order chi connectivity index (χ1) is 12.6. The van der Waals surface area contributed by atoms with Crippen molar-refractivity contribution < 1.29 is 9.59 Å². The van der Waals surface area contributed by atoms with Crippen molar-refractivity contribution >= 4 is 27.7 Å². The first kappa shape index (κ1) is 17.3. The van der Waals surface area contributed by atoms with Crippen molar-refractivity contribution in [2.75, 3.05) is 26.2 Å². The van der Waals surface area contributed by atoms with Crippen molar-refractivity contribution in [2.24, 2.45) is 0 Å². The fourth-order valence-electron chi connectivity index (χ4n) is 3.69. The summed E-state index contributed by atoms with van der Waals surface area (Å²) in [5.74, 6) is 0.0593. The van der Waals surface area contributed by atoms with Crippen molar-refractivity contribution in [3.05, 3.63) is 51.8 Å². The lowest BCUT2D eigenvalue weighted by atomic mass is 10.1. The summed E-state index contributed by atoms with van der Waals surface area (Å²) in [6, 6.07) is 7.42. The second-order valence-electron chi connectivity index (χ2n) is 6.78. The number of aromatic nitrogens is 2. The first-order valence-corrected chi connectivity index (χ1v) is 9.81. The summed E-state index contributed by atoms with van der Waals surface area (Å²) in [7, 11) is 0. The van der Waals surface area contributed by atoms with Crippen molar-refractivity contribution in [1.29, 1.82) is 0 Å². The Morgan fingerprint density at radius 2 is 1.69 bits per heavy atom. The number of hydrogen-bond acceptors (Lipinski definition) is 3. The summed E-state index contributed by atoms with van der Waals surface area (Å²) in [4.78, 5) is 29.2. The molecule has 0 aliphatic carbocycles. The Kier molecular flexibility index (Phi) is 4.80. The van der Waals surface area contributed by atoms with Crippen LogP contribution in [0.15, 0.2) is 34.9 Å². The number of rotatable bonds is 2. The predicted octanol–water partition coefficient (Wildman–Crippen LogP) is 2.58. The second kappa shape index (κ2) is 7.23. The molecule has 1 aromatic carbocycles. The molecule has 0 unspecified atom stereocenters. The van der Waals surface area contributed by atoms with Crippen LogP contribution in [0.2, 0.25) is 0 Å². The lowest BCUT2D eigenvalue weighted by Gasteiger charge is -2.35. The van der Waals surface area contributed by atoms with Gasteiger partial charge in [-0.3, -0.25) is 14.3 Å². The van der Waals surface area contributed by atoms with Gasteiger partial charge in [-0.15, -0.1) is 0 Å². The molecule has 1 aromatic heterocycles. The quantitative estimate of drug-likeness (QED) is 0.755. The smallest absolute Gasteiger partial charge is 0.257 e. The normalized spacial score (nSPS) is 17.1. The predicted molar refractivity (Wildman–Crippen MR) is 101 cm³/mol. The summed E-state index contributed by atoms with van der Waals surface area (Å²) >= 11 is 3.40. The number of hydrogen-bond donors (Lipinski definition) is 0. The largest absolute Gasteiger partial charge is 0.335 e. The molecule has 0 bridgehead atoms. The number of amides is 2. The van der Waals surface area contributed by atoms with Gasteiger partial charge >= 0.3 is 0 Å². The minimum atomic E-state index is 0.0151. The molecule has 1 saturated heterocycles.